The first-order chi connectivity index (χ1) is 10.3. The molecule has 1 fully saturated rings. The molecule has 1 saturated heterocycles. The number of nitrogens with two attached hydrogens (primary N) is 2. The Morgan fingerprint density at radius 1 is 1.32 bits per heavy atom. The van der Waals surface area contributed by atoms with Crippen molar-refractivity contribution in [3.8, 4) is 0 Å². The van der Waals surface area contributed by atoms with Gasteiger partial charge in [0.15, 0.2) is 17.3 Å². The van der Waals surface area contributed by atoms with E-state index in [-0.39, 0.29) is 12.3 Å². The first kappa shape index (κ1) is 16.6. The van der Waals surface area contributed by atoms with Gasteiger partial charge in [-0.15, -0.1) is 0 Å². The Morgan fingerprint density at radius 3 is 2.59 bits per heavy atom. The molecule has 2 aromatic rings. The molecule has 0 saturated carbocycles. The van der Waals surface area contributed by atoms with Gasteiger partial charge < -0.3 is 26.4 Å². The lowest BCUT2D eigenvalue weighted by Crippen LogP contribution is -2.20. The zero-order valence-corrected chi connectivity index (χ0v) is 12.7. The number of imidazole rings is 1. The molecule has 1 aliphatic heterocycles. The summed E-state index contributed by atoms with van der Waals surface area (Å²) < 4.78 is 7.69. The molecule has 6 N–H and O–H groups in total. The molecule has 1 unspecified atom stereocenters. The Balaban J connectivity index is 0.000000309. The molecule has 0 aliphatic carbocycles. The Morgan fingerprint density at radius 2 is 2.00 bits per heavy atom. The van der Waals surface area contributed by atoms with Crippen LogP contribution in [0.4, 0.5) is 5.82 Å². The number of nitrogen functional groups attached to an aromatic ring is 1. The van der Waals surface area contributed by atoms with Crippen LogP contribution in [0.3, 0.4) is 0 Å². The molecule has 2 aromatic heterocycles. The minimum atomic E-state index is -1.50. The average Bonchev–Trinajstić information content (AvgIpc) is 3.02. The average molecular weight is 310 g/mol. The summed E-state index contributed by atoms with van der Waals surface area (Å²) in [6, 6.07) is 0. The van der Waals surface area contributed by atoms with Crippen LogP contribution < -0.4 is 11.5 Å². The molecular formula is C13H22N6O3. The highest BCUT2D eigenvalue weighted by Crippen LogP contribution is 2.30. The summed E-state index contributed by atoms with van der Waals surface area (Å²) in [5, 5.41) is 16.2. The van der Waals surface area contributed by atoms with Crippen molar-refractivity contribution in [1.29, 1.82) is 0 Å². The monoisotopic (exact) mass is 310 g/mol. The molecule has 0 spiro atoms. The van der Waals surface area contributed by atoms with Crippen LogP contribution in [0.15, 0.2) is 12.7 Å². The van der Waals surface area contributed by atoms with Crippen LogP contribution in [0, 0.1) is 0 Å². The summed E-state index contributed by atoms with van der Waals surface area (Å²) in [5.41, 5.74) is 12.7. The lowest BCUT2D eigenvalue weighted by molar-refractivity contribution is -0.127. The van der Waals surface area contributed by atoms with Crippen molar-refractivity contribution in [3.05, 3.63) is 12.7 Å². The van der Waals surface area contributed by atoms with Crippen molar-refractivity contribution in [2.45, 2.75) is 44.8 Å². The van der Waals surface area contributed by atoms with Crippen LogP contribution in [0.25, 0.3) is 11.2 Å². The number of rotatable bonds is 2. The van der Waals surface area contributed by atoms with E-state index >= 15 is 0 Å². The van der Waals surface area contributed by atoms with E-state index in [2.05, 4.69) is 15.0 Å². The molecule has 0 radical (unpaired) electrons. The number of nitrogens with zero attached hydrogens (tertiary/aromatic N) is 4. The SMILES string of the molecule is CC(C)(O)O.NCC1CC[C@H](n2cnc3c(N)ncnc32)O1. The van der Waals surface area contributed by atoms with E-state index in [1.165, 1.54) is 20.2 Å². The van der Waals surface area contributed by atoms with Crippen molar-refractivity contribution >= 4 is 17.0 Å². The maximum atomic E-state index is 8.08. The highest BCUT2D eigenvalue weighted by atomic mass is 16.5. The molecule has 1 aliphatic rings. The molecule has 2 atom stereocenters. The third-order valence-corrected chi connectivity index (χ3v) is 3.05. The van der Waals surface area contributed by atoms with Gasteiger partial charge in [0.1, 0.15) is 18.1 Å². The largest absolute Gasteiger partial charge is 0.382 e. The normalized spacial score (nSPS) is 21.7. The molecular weight excluding hydrogens is 288 g/mol. The van der Waals surface area contributed by atoms with Gasteiger partial charge in [0.2, 0.25) is 0 Å². The van der Waals surface area contributed by atoms with E-state index in [0.717, 1.165) is 12.8 Å². The maximum Gasteiger partial charge on any atom is 0.167 e. The number of aliphatic hydroxyl groups is 2. The number of fused-ring (bicyclic) bond motifs is 1. The number of aromatic nitrogens is 4. The lowest BCUT2D eigenvalue weighted by Gasteiger charge is -2.13. The van der Waals surface area contributed by atoms with Crippen LogP contribution in [0.2, 0.25) is 0 Å². The zero-order valence-electron chi connectivity index (χ0n) is 12.7. The van der Waals surface area contributed by atoms with Crippen molar-refractivity contribution in [3.63, 3.8) is 0 Å². The predicted molar refractivity (Wildman–Crippen MR) is 80.5 cm³/mol. The predicted octanol–water partition coefficient (Wildman–Crippen LogP) is -0.248. The maximum absolute atomic E-state index is 8.08. The number of hydrogen-bond acceptors (Lipinski definition) is 8. The molecule has 0 aromatic carbocycles. The van der Waals surface area contributed by atoms with E-state index < -0.39 is 5.79 Å². The first-order valence-electron chi connectivity index (χ1n) is 7.03. The summed E-state index contributed by atoms with van der Waals surface area (Å²) in [6.45, 7) is 3.14. The number of anilines is 1. The molecule has 3 heterocycles. The Bertz CT molecular complexity index is 618. The van der Waals surface area contributed by atoms with Gasteiger partial charge in [0.05, 0.1) is 12.4 Å². The standard InChI is InChI=1S/C10H14N6O.C3H8O2/c11-3-6-1-2-7(17-6)16-5-15-8-9(12)13-4-14-10(8)16;1-3(2,4)5/h4-7H,1-3,11H2,(H2,12,13,14);4-5H,1-2H3/t6?,7-;/m1./s1. The summed E-state index contributed by atoms with van der Waals surface area (Å²) in [5.74, 6) is -1.11. The fraction of sp³-hybridized carbons (Fsp3) is 0.615. The highest BCUT2D eigenvalue weighted by Gasteiger charge is 2.27. The second-order valence-electron chi connectivity index (χ2n) is 5.60. The quantitative estimate of drug-likeness (QED) is 0.556. The van der Waals surface area contributed by atoms with E-state index in [1.807, 2.05) is 4.57 Å². The van der Waals surface area contributed by atoms with Crippen LogP contribution in [-0.2, 0) is 4.74 Å². The molecule has 0 bridgehead atoms. The van der Waals surface area contributed by atoms with Crippen LogP contribution in [0.1, 0.15) is 32.9 Å². The fourth-order valence-corrected chi connectivity index (χ4v) is 2.15. The minimum absolute atomic E-state index is 0.0529. The summed E-state index contributed by atoms with van der Waals surface area (Å²) in [6.07, 6.45) is 5.07. The van der Waals surface area contributed by atoms with Crippen LogP contribution in [-0.4, -0.2) is 48.2 Å². The van der Waals surface area contributed by atoms with Crippen molar-refractivity contribution < 1.29 is 14.9 Å². The van der Waals surface area contributed by atoms with Gasteiger partial charge in [0.25, 0.3) is 0 Å². The second kappa shape index (κ2) is 6.53. The molecule has 22 heavy (non-hydrogen) atoms. The third-order valence-electron chi connectivity index (χ3n) is 3.05. The van der Waals surface area contributed by atoms with Crippen LogP contribution >= 0.6 is 0 Å². The summed E-state index contributed by atoms with van der Waals surface area (Å²) in [4.78, 5) is 12.3. The number of hydrogen-bond donors (Lipinski definition) is 4. The molecule has 9 heteroatoms. The molecule has 9 nitrogen and oxygen atoms in total. The zero-order chi connectivity index (χ0) is 16.3. The van der Waals surface area contributed by atoms with Gasteiger partial charge >= 0.3 is 0 Å². The van der Waals surface area contributed by atoms with Crippen molar-refractivity contribution in [2.75, 3.05) is 12.3 Å². The molecule has 0 amide bonds. The Labute approximate surface area is 127 Å². The fourth-order valence-electron chi connectivity index (χ4n) is 2.15. The first-order valence-corrected chi connectivity index (χ1v) is 7.03. The van der Waals surface area contributed by atoms with Gasteiger partial charge in [-0.25, -0.2) is 15.0 Å². The van der Waals surface area contributed by atoms with Gasteiger partial charge in [0, 0.05) is 6.54 Å². The number of ether oxygens (including phenoxy) is 1. The van der Waals surface area contributed by atoms with E-state index in [9.17, 15) is 0 Å². The second-order valence-corrected chi connectivity index (χ2v) is 5.60. The Hall–Kier alpha value is -1.81. The van der Waals surface area contributed by atoms with Gasteiger partial charge in [-0.1, -0.05) is 0 Å². The topological polar surface area (TPSA) is 145 Å². The van der Waals surface area contributed by atoms with Crippen LogP contribution in [0.5, 0.6) is 0 Å². The highest BCUT2D eigenvalue weighted by molar-refractivity contribution is 5.81. The minimum Gasteiger partial charge on any atom is -0.382 e. The Kier molecular flexibility index (Phi) is 4.91. The summed E-state index contributed by atoms with van der Waals surface area (Å²) >= 11 is 0. The van der Waals surface area contributed by atoms with E-state index in [1.54, 1.807) is 6.33 Å². The lowest BCUT2D eigenvalue weighted by atomic mass is 10.2. The molecule has 122 valence electrons. The van der Waals surface area contributed by atoms with Gasteiger partial charge in [-0.3, -0.25) is 4.57 Å². The van der Waals surface area contributed by atoms with Crippen molar-refractivity contribution in [2.24, 2.45) is 5.73 Å². The summed E-state index contributed by atoms with van der Waals surface area (Å²) in [7, 11) is 0. The van der Waals surface area contributed by atoms with E-state index in [4.69, 9.17) is 26.4 Å². The van der Waals surface area contributed by atoms with Gasteiger partial charge in [-0.2, -0.15) is 0 Å². The molecule has 3 rings (SSSR count). The van der Waals surface area contributed by atoms with Gasteiger partial charge in [-0.05, 0) is 26.7 Å². The smallest absolute Gasteiger partial charge is 0.167 e. The van der Waals surface area contributed by atoms with E-state index in [0.29, 0.717) is 23.5 Å². The van der Waals surface area contributed by atoms with Crippen molar-refractivity contribution in [1.82, 2.24) is 19.5 Å². The third kappa shape index (κ3) is 4.10.